The van der Waals surface area contributed by atoms with Crippen molar-refractivity contribution in [1.29, 1.82) is 5.26 Å². The highest BCUT2D eigenvalue weighted by atomic mass is 32.2. The lowest BCUT2D eigenvalue weighted by atomic mass is 10.1. The third kappa shape index (κ3) is 3.88. The first-order chi connectivity index (χ1) is 13.0. The molecule has 1 aliphatic heterocycles. The van der Waals surface area contributed by atoms with Crippen molar-refractivity contribution in [2.24, 2.45) is 0 Å². The quantitative estimate of drug-likeness (QED) is 0.643. The van der Waals surface area contributed by atoms with Crippen molar-refractivity contribution in [1.82, 2.24) is 0 Å². The van der Waals surface area contributed by atoms with Gasteiger partial charge in [-0.2, -0.15) is 5.26 Å². The molecular weight excluding hydrogens is 358 g/mol. The van der Waals surface area contributed by atoms with Crippen LogP contribution >= 0.6 is 11.8 Å². The van der Waals surface area contributed by atoms with Crippen LogP contribution in [0, 0.1) is 11.3 Å². The number of carbonyl (C=O) groups excluding carboxylic acids is 2. The predicted molar refractivity (Wildman–Crippen MR) is 108 cm³/mol. The second-order valence-electron chi connectivity index (χ2n) is 6.07. The van der Waals surface area contributed by atoms with Crippen molar-refractivity contribution in [2.45, 2.75) is 25.5 Å². The minimum Gasteiger partial charge on any atom is -0.321 e. The van der Waals surface area contributed by atoms with E-state index in [1.165, 1.54) is 16.7 Å². The fourth-order valence-electron chi connectivity index (χ4n) is 2.76. The van der Waals surface area contributed by atoms with Crippen molar-refractivity contribution >= 4 is 35.0 Å². The Hall–Kier alpha value is -3.04. The summed E-state index contributed by atoms with van der Waals surface area (Å²) in [6.45, 7) is 3.83. The number of para-hydroxylation sites is 1. The Morgan fingerprint density at radius 2 is 1.85 bits per heavy atom. The number of carbonyl (C=O) groups is 2. The molecule has 0 spiro atoms. The van der Waals surface area contributed by atoms with E-state index >= 15 is 0 Å². The van der Waals surface area contributed by atoms with Crippen molar-refractivity contribution in [3.8, 4) is 6.07 Å². The van der Waals surface area contributed by atoms with Gasteiger partial charge in [-0.05, 0) is 43.2 Å². The number of aryl methyl sites for hydroxylation is 1. The monoisotopic (exact) mass is 377 g/mol. The zero-order valence-electron chi connectivity index (χ0n) is 15.1. The minimum atomic E-state index is -0.521. The maximum Gasteiger partial charge on any atom is 0.269 e. The van der Waals surface area contributed by atoms with Gasteiger partial charge in [-0.15, -0.1) is 0 Å². The molecule has 1 fully saturated rings. The summed E-state index contributed by atoms with van der Waals surface area (Å²) in [5, 5.41) is 12.4. The van der Waals surface area contributed by atoms with Crippen molar-refractivity contribution < 1.29 is 9.59 Å². The number of hydrogen-bond donors (Lipinski definition) is 1. The van der Waals surface area contributed by atoms with Crippen molar-refractivity contribution in [3.63, 3.8) is 0 Å². The molecule has 2 aromatic rings. The molecule has 1 saturated heterocycles. The molecule has 2 amide bonds. The molecule has 1 atom stereocenters. The Morgan fingerprint density at radius 3 is 2.44 bits per heavy atom. The van der Waals surface area contributed by atoms with Crippen molar-refractivity contribution in [3.05, 3.63) is 70.8 Å². The zero-order valence-corrected chi connectivity index (χ0v) is 15.9. The SMILES string of the molecule is CCc1ccc(NC(=O)/C(C#N)=C2\S[C@H](C)C(=O)N2c2ccccc2)cc1. The van der Waals surface area contributed by atoms with Crippen molar-refractivity contribution in [2.75, 3.05) is 10.2 Å². The third-order valence-electron chi connectivity index (χ3n) is 4.25. The van der Waals surface area contributed by atoms with Gasteiger partial charge in [0.25, 0.3) is 5.91 Å². The number of nitriles is 1. The van der Waals surface area contributed by atoms with Crippen LogP contribution in [0.2, 0.25) is 0 Å². The topological polar surface area (TPSA) is 73.2 Å². The van der Waals surface area contributed by atoms with Crippen LogP contribution in [0.5, 0.6) is 0 Å². The number of nitrogens with zero attached hydrogens (tertiary/aromatic N) is 2. The van der Waals surface area contributed by atoms with Crippen LogP contribution in [0.4, 0.5) is 11.4 Å². The molecule has 0 radical (unpaired) electrons. The van der Waals surface area contributed by atoms with E-state index in [0.717, 1.165) is 12.0 Å². The molecule has 1 N–H and O–H groups in total. The van der Waals surface area contributed by atoms with Crippen LogP contribution in [0.1, 0.15) is 19.4 Å². The number of hydrogen-bond acceptors (Lipinski definition) is 4. The van der Waals surface area contributed by atoms with Gasteiger partial charge in [0.2, 0.25) is 5.91 Å². The molecular formula is C21H19N3O2S. The Bertz CT molecular complexity index is 930. The van der Waals surface area contributed by atoms with E-state index in [0.29, 0.717) is 16.4 Å². The lowest BCUT2D eigenvalue weighted by Gasteiger charge is -2.18. The number of amides is 2. The molecule has 136 valence electrons. The molecule has 0 unspecified atom stereocenters. The van der Waals surface area contributed by atoms with E-state index in [9.17, 15) is 14.9 Å². The lowest BCUT2D eigenvalue weighted by Crippen LogP contribution is -2.29. The molecule has 3 rings (SSSR count). The number of rotatable bonds is 4. The largest absolute Gasteiger partial charge is 0.321 e. The second-order valence-corrected chi connectivity index (χ2v) is 7.40. The molecule has 1 heterocycles. The highest BCUT2D eigenvalue weighted by molar-refractivity contribution is 8.05. The van der Waals surface area contributed by atoms with Crippen LogP contribution in [0.3, 0.4) is 0 Å². The Kier molecular flexibility index (Phi) is 5.63. The minimum absolute atomic E-state index is 0.0684. The standard InChI is InChI=1S/C21H19N3O2S/c1-3-15-9-11-16(12-10-15)23-19(25)18(13-22)21-24(20(26)14(2)27-21)17-7-5-4-6-8-17/h4-12,14H,3H2,1-2H3,(H,23,25)/b21-18-/t14-/m1/s1. The Balaban J connectivity index is 1.95. The molecule has 27 heavy (non-hydrogen) atoms. The van der Waals surface area contributed by atoms with E-state index in [-0.39, 0.29) is 16.7 Å². The molecule has 2 aromatic carbocycles. The number of anilines is 2. The molecule has 0 saturated carbocycles. The maximum absolute atomic E-state index is 12.7. The fraction of sp³-hybridized carbons (Fsp3) is 0.190. The summed E-state index contributed by atoms with van der Waals surface area (Å²) in [7, 11) is 0. The van der Waals surface area contributed by atoms with Gasteiger partial charge >= 0.3 is 0 Å². The maximum atomic E-state index is 12.7. The molecule has 6 heteroatoms. The van der Waals surface area contributed by atoms with Gasteiger partial charge < -0.3 is 5.32 Å². The Labute approximate surface area is 162 Å². The highest BCUT2D eigenvalue weighted by Gasteiger charge is 2.38. The zero-order chi connectivity index (χ0) is 19.4. The molecule has 0 aromatic heterocycles. The van der Waals surface area contributed by atoms with Crippen LogP contribution in [0.15, 0.2) is 65.2 Å². The summed E-state index contributed by atoms with van der Waals surface area (Å²) in [6, 6.07) is 18.5. The molecule has 0 bridgehead atoms. The number of nitrogens with one attached hydrogen (secondary N) is 1. The van der Waals surface area contributed by atoms with Crippen LogP contribution in [0.25, 0.3) is 0 Å². The van der Waals surface area contributed by atoms with Gasteiger partial charge in [0, 0.05) is 11.4 Å². The highest BCUT2D eigenvalue weighted by Crippen LogP contribution is 2.40. The second kappa shape index (κ2) is 8.11. The third-order valence-corrected chi connectivity index (χ3v) is 5.41. The summed E-state index contributed by atoms with van der Waals surface area (Å²) < 4.78 is 0. The van der Waals surface area contributed by atoms with E-state index in [4.69, 9.17) is 0 Å². The average Bonchev–Trinajstić information content (AvgIpc) is 2.98. The van der Waals surface area contributed by atoms with Crippen LogP contribution < -0.4 is 10.2 Å². The average molecular weight is 377 g/mol. The summed E-state index contributed by atoms with van der Waals surface area (Å²) >= 11 is 1.23. The van der Waals surface area contributed by atoms with Gasteiger partial charge in [-0.3, -0.25) is 14.5 Å². The first kappa shape index (κ1) is 18.7. The first-order valence-corrected chi connectivity index (χ1v) is 9.53. The van der Waals surface area contributed by atoms with Gasteiger partial charge in [0.15, 0.2) is 0 Å². The molecule has 1 aliphatic rings. The number of benzene rings is 2. The smallest absolute Gasteiger partial charge is 0.269 e. The van der Waals surface area contributed by atoms with Crippen LogP contribution in [-0.4, -0.2) is 17.1 Å². The van der Waals surface area contributed by atoms with E-state index in [1.54, 1.807) is 31.2 Å². The predicted octanol–water partition coefficient (Wildman–Crippen LogP) is 4.09. The van der Waals surface area contributed by atoms with Gasteiger partial charge in [-0.25, -0.2) is 0 Å². The van der Waals surface area contributed by atoms with Gasteiger partial charge in [0.1, 0.15) is 16.7 Å². The van der Waals surface area contributed by atoms with Gasteiger partial charge in [0.05, 0.1) is 5.25 Å². The molecule has 5 nitrogen and oxygen atoms in total. The number of thioether (sulfide) groups is 1. The summed E-state index contributed by atoms with van der Waals surface area (Å²) in [6.07, 6.45) is 0.907. The van der Waals surface area contributed by atoms with E-state index in [2.05, 4.69) is 12.2 Å². The summed E-state index contributed by atoms with van der Waals surface area (Å²) in [5.41, 5.74) is 2.34. The Morgan fingerprint density at radius 1 is 1.19 bits per heavy atom. The first-order valence-electron chi connectivity index (χ1n) is 8.65. The summed E-state index contributed by atoms with van der Waals surface area (Å²) in [5.74, 6) is -0.666. The van der Waals surface area contributed by atoms with E-state index < -0.39 is 5.91 Å². The fourth-order valence-corrected chi connectivity index (χ4v) is 3.86. The molecule has 0 aliphatic carbocycles. The normalized spacial score (nSPS) is 18.2. The van der Waals surface area contributed by atoms with Gasteiger partial charge in [-0.1, -0.05) is 49.0 Å². The summed E-state index contributed by atoms with van der Waals surface area (Å²) in [4.78, 5) is 26.8. The van der Waals surface area contributed by atoms with Crippen LogP contribution in [-0.2, 0) is 16.0 Å². The lowest BCUT2D eigenvalue weighted by molar-refractivity contribution is -0.116. The van der Waals surface area contributed by atoms with E-state index in [1.807, 2.05) is 36.4 Å².